The molecule has 2 N–H and O–H groups in total. The lowest BCUT2D eigenvalue weighted by Gasteiger charge is -2.20. The van der Waals surface area contributed by atoms with E-state index in [2.05, 4.69) is 5.32 Å². The first-order valence-electron chi connectivity index (χ1n) is 5.83. The van der Waals surface area contributed by atoms with Gasteiger partial charge in [-0.25, -0.2) is 4.39 Å². The quantitative estimate of drug-likeness (QED) is 0.636. The molecule has 0 aliphatic heterocycles. The van der Waals surface area contributed by atoms with Crippen LogP contribution in [0, 0.1) is 27.7 Å². The molecule has 0 spiro atoms. The summed E-state index contributed by atoms with van der Waals surface area (Å²) in [7, 11) is 0. The highest BCUT2D eigenvalue weighted by molar-refractivity contribution is 5.95. The average Bonchev–Trinajstić information content (AvgIpc) is 2.35. The molecule has 20 heavy (non-hydrogen) atoms. The summed E-state index contributed by atoms with van der Waals surface area (Å²) in [5, 5.41) is 21.9. The summed E-state index contributed by atoms with van der Waals surface area (Å²) in [5.41, 5.74) is -2.01. The minimum atomic E-state index is -1.53. The van der Waals surface area contributed by atoms with E-state index < -0.39 is 46.4 Å². The molecule has 1 aromatic rings. The van der Waals surface area contributed by atoms with Gasteiger partial charge in [-0.05, 0) is 12.0 Å². The fraction of sp³-hybridized carbons (Fsp3) is 0.417. The Labute approximate surface area is 113 Å². The summed E-state index contributed by atoms with van der Waals surface area (Å²) in [6, 6.07) is 0.591. The van der Waals surface area contributed by atoms with Crippen molar-refractivity contribution in [1.29, 1.82) is 0 Å². The second-order valence-electron chi connectivity index (χ2n) is 4.52. The molecule has 1 atom stereocenters. The van der Waals surface area contributed by atoms with Crippen LogP contribution in [0.15, 0.2) is 12.1 Å². The molecule has 0 heterocycles. The zero-order chi connectivity index (χ0) is 15.4. The van der Waals surface area contributed by atoms with Crippen molar-refractivity contribution in [2.45, 2.75) is 19.9 Å². The van der Waals surface area contributed by atoms with Gasteiger partial charge in [-0.3, -0.25) is 14.9 Å². The van der Waals surface area contributed by atoms with Crippen LogP contribution in [-0.2, 0) is 0 Å². The predicted octanol–water partition coefficient (Wildman–Crippen LogP) is 1.62. The molecule has 0 aliphatic carbocycles. The molecule has 0 unspecified atom stereocenters. The first kappa shape index (κ1) is 16.0. The summed E-state index contributed by atoms with van der Waals surface area (Å²) >= 11 is 0. The molecule has 1 amide bonds. The number of hydrogen-bond acceptors (Lipinski definition) is 4. The minimum absolute atomic E-state index is 0.172. The maximum Gasteiger partial charge on any atom is 0.305 e. The number of amides is 1. The van der Waals surface area contributed by atoms with Crippen LogP contribution in [0.5, 0.6) is 0 Å². The van der Waals surface area contributed by atoms with E-state index in [9.17, 15) is 23.7 Å². The van der Waals surface area contributed by atoms with Gasteiger partial charge in [0, 0.05) is 6.07 Å². The standard InChI is InChI=1S/C12H14F2N2O4/c1-6(2)8(5-17)15-12(18)10-7(13)3-4-9(11(10)14)16(19)20/h3-4,6,8,17H,5H2,1-2H3,(H,15,18)/t8-/m1/s1. The number of aliphatic hydroxyl groups is 1. The van der Waals surface area contributed by atoms with Crippen molar-refractivity contribution in [2.24, 2.45) is 5.92 Å². The van der Waals surface area contributed by atoms with E-state index in [-0.39, 0.29) is 5.92 Å². The third kappa shape index (κ3) is 3.27. The summed E-state index contributed by atoms with van der Waals surface area (Å²) in [6.45, 7) is 2.98. The van der Waals surface area contributed by atoms with Crippen molar-refractivity contribution in [3.8, 4) is 0 Å². The number of nitrogens with one attached hydrogen (secondary N) is 1. The maximum atomic E-state index is 13.8. The average molecular weight is 288 g/mol. The van der Waals surface area contributed by atoms with E-state index in [0.717, 1.165) is 0 Å². The minimum Gasteiger partial charge on any atom is -0.394 e. The summed E-state index contributed by atoms with van der Waals surface area (Å²) in [5.74, 6) is -4.05. The molecular formula is C12H14F2N2O4. The molecule has 110 valence electrons. The summed E-state index contributed by atoms with van der Waals surface area (Å²) in [4.78, 5) is 21.3. The third-order valence-electron chi connectivity index (χ3n) is 2.81. The Bertz CT molecular complexity index is 534. The second kappa shape index (κ2) is 6.38. The molecule has 0 fully saturated rings. The lowest BCUT2D eigenvalue weighted by atomic mass is 10.0. The van der Waals surface area contributed by atoms with E-state index in [1.807, 2.05) is 0 Å². The first-order valence-corrected chi connectivity index (χ1v) is 5.83. The van der Waals surface area contributed by atoms with Crippen LogP contribution in [0.25, 0.3) is 0 Å². The summed E-state index contributed by atoms with van der Waals surface area (Å²) in [6.07, 6.45) is 0. The Morgan fingerprint density at radius 1 is 1.45 bits per heavy atom. The van der Waals surface area contributed by atoms with Crippen molar-refractivity contribution >= 4 is 11.6 Å². The van der Waals surface area contributed by atoms with Crippen molar-refractivity contribution in [1.82, 2.24) is 5.32 Å². The molecule has 0 aromatic heterocycles. The van der Waals surface area contributed by atoms with Gasteiger partial charge in [0.15, 0.2) is 0 Å². The van der Waals surface area contributed by atoms with E-state index >= 15 is 0 Å². The molecule has 1 rings (SSSR count). The van der Waals surface area contributed by atoms with Crippen molar-refractivity contribution in [2.75, 3.05) is 6.61 Å². The molecule has 0 bridgehead atoms. The maximum absolute atomic E-state index is 13.8. The number of benzene rings is 1. The number of nitro groups is 1. The number of nitro benzene ring substituents is 1. The Morgan fingerprint density at radius 2 is 2.05 bits per heavy atom. The van der Waals surface area contributed by atoms with Gasteiger partial charge in [-0.1, -0.05) is 13.8 Å². The zero-order valence-corrected chi connectivity index (χ0v) is 10.9. The fourth-order valence-electron chi connectivity index (χ4n) is 1.55. The normalized spacial score (nSPS) is 12.3. The number of rotatable bonds is 5. The summed E-state index contributed by atoms with van der Waals surface area (Å²) < 4.78 is 27.3. The second-order valence-corrected chi connectivity index (χ2v) is 4.52. The number of halogens is 2. The third-order valence-corrected chi connectivity index (χ3v) is 2.81. The number of nitrogens with zero attached hydrogens (tertiary/aromatic N) is 1. The highest BCUT2D eigenvalue weighted by Crippen LogP contribution is 2.23. The zero-order valence-electron chi connectivity index (χ0n) is 10.9. The van der Waals surface area contributed by atoms with Crippen molar-refractivity contribution < 1.29 is 23.6 Å². The van der Waals surface area contributed by atoms with Gasteiger partial charge in [0.25, 0.3) is 5.91 Å². The fourth-order valence-corrected chi connectivity index (χ4v) is 1.55. The number of aliphatic hydroxyl groups excluding tert-OH is 1. The van der Waals surface area contributed by atoms with Gasteiger partial charge in [-0.15, -0.1) is 0 Å². The van der Waals surface area contributed by atoms with Gasteiger partial charge in [0.1, 0.15) is 11.4 Å². The van der Waals surface area contributed by atoms with Crippen LogP contribution in [0.3, 0.4) is 0 Å². The van der Waals surface area contributed by atoms with Gasteiger partial charge in [-0.2, -0.15) is 4.39 Å². The van der Waals surface area contributed by atoms with Gasteiger partial charge in [0.2, 0.25) is 5.82 Å². The van der Waals surface area contributed by atoms with Gasteiger partial charge < -0.3 is 10.4 Å². The monoisotopic (exact) mass is 288 g/mol. The largest absolute Gasteiger partial charge is 0.394 e. The van der Waals surface area contributed by atoms with E-state index in [1.54, 1.807) is 13.8 Å². The van der Waals surface area contributed by atoms with Crippen LogP contribution in [0.2, 0.25) is 0 Å². The van der Waals surface area contributed by atoms with Crippen LogP contribution >= 0.6 is 0 Å². The van der Waals surface area contributed by atoms with Crippen LogP contribution in [-0.4, -0.2) is 28.6 Å². The van der Waals surface area contributed by atoms with Crippen LogP contribution < -0.4 is 5.32 Å². The highest BCUT2D eigenvalue weighted by atomic mass is 19.1. The van der Waals surface area contributed by atoms with Crippen molar-refractivity contribution in [3.05, 3.63) is 39.4 Å². The molecular weight excluding hydrogens is 274 g/mol. The molecule has 0 aliphatic rings. The molecule has 0 saturated heterocycles. The molecule has 0 radical (unpaired) electrons. The lowest BCUT2D eigenvalue weighted by molar-refractivity contribution is -0.387. The molecule has 8 heteroatoms. The van der Waals surface area contributed by atoms with Crippen molar-refractivity contribution in [3.63, 3.8) is 0 Å². The molecule has 6 nitrogen and oxygen atoms in total. The number of carbonyl (C=O) groups is 1. The van der Waals surface area contributed by atoms with Gasteiger partial charge in [0.05, 0.1) is 17.6 Å². The number of hydrogen-bond donors (Lipinski definition) is 2. The van der Waals surface area contributed by atoms with Crippen LogP contribution in [0.4, 0.5) is 14.5 Å². The van der Waals surface area contributed by atoms with Crippen LogP contribution in [0.1, 0.15) is 24.2 Å². The Hall–Kier alpha value is -2.09. The Morgan fingerprint density at radius 3 is 2.50 bits per heavy atom. The first-order chi connectivity index (χ1) is 9.29. The SMILES string of the molecule is CC(C)[C@@H](CO)NC(=O)c1c(F)ccc([N+](=O)[O-])c1F. The van der Waals surface area contributed by atoms with E-state index in [4.69, 9.17) is 5.11 Å². The molecule has 0 saturated carbocycles. The Balaban J connectivity index is 3.16. The smallest absolute Gasteiger partial charge is 0.305 e. The Kier molecular flexibility index (Phi) is 5.09. The van der Waals surface area contributed by atoms with E-state index in [0.29, 0.717) is 12.1 Å². The van der Waals surface area contributed by atoms with E-state index in [1.165, 1.54) is 0 Å². The lowest BCUT2D eigenvalue weighted by Crippen LogP contribution is -2.41. The predicted molar refractivity (Wildman–Crippen MR) is 66.2 cm³/mol. The topological polar surface area (TPSA) is 92.5 Å². The molecule has 1 aromatic carbocycles. The number of carbonyl (C=O) groups excluding carboxylic acids is 1. The highest BCUT2D eigenvalue weighted by Gasteiger charge is 2.27. The van der Waals surface area contributed by atoms with Gasteiger partial charge >= 0.3 is 5.69 Å².